The highest BCUT2D eigenvalue weighted by Crippen LogP contribution is 2.22. The molecule has 1 fully saturated rings. The van der Waals surface area contributed by atoms with Crippen LogP contribution in [0.2, 0.25) is 0 Å². The molecule has 1 amide bonds. The molecule has 3 aromatic carbocycles. The van der Waals surface area contributed by atoms with E-state index in [1.54, 1.807) is 24.3 Å². The van der Waals surface area contributed by atoms with E-state index in [0.717, 1.165) is 29.3 Å². The van der Waals surface area contributed by atoms with Crippen LogP contribution in [0.4, 0.5) is 11.4 Å². The Hall–Kier alpha value is -2.90. The van der Waals surface area contributed by atoms with Crippen molar-refractivity contribution in [3.8, 4) is 0 Å². The maximum atomic E-state index is 12.5. The van der Waals surface area contributed by atoms with Gasteiger partial charge in [-0.3, -0.25) is 4.79 Å². The molecular weight excluding hydrogens is 386 g/mol. The summed E-state index contributed by atoms with van der Waals surface area (Å²) in [6, 6.07) is 20.3. The van der Waals surface area contributed by atoms with Gasteiger partial charge in [0, 0.05) is 24.5 Å². The van der Waals surface area contributed by atoms with Crippen LogP contribution in [0.15, 0.2) is 71.6 Å². The largest absolute Gasteiger partial charge is 0.376 e. The van der Waals surface area contributed by atoms with Crippen molar-refractivity contribution < 1.29 is 13.2 Å². The molecule has 1 aliphatic rings. The van der Waals surface area contributed by atoms with Gasteiger partial charge in [-0.2, -0.15) is 4.31 Å². The van der Waals surface area contributed by atoms with Gasteiger partial charge in [-0.05, 0) is 60.0 Å². The van der Waals surface area contributed by atoms with Crippen LogP contribution in [0.3, 0.4) is 0 Å². The molecule has 6 nitrogen and oxygen atoms in total. The number of anilines is 2. The van der Waals surface area contributed by atoms with E-state index in [1.807, 2.05) is 42.5 Å². The van der Waals surface area contributed by atoms with Crippen LogP contribution in [0.25, 0.3) is 10.8 Å². The van der Waals surface area contributed by atoms with Gasteiger partial charge in [0.25, 0.3) is 0 Å². The van der Waals surface area contributed by atoms with Gasteiger partial charge in [-0.25, -0.2) is 8.42 Å². The van der Waals surface area contributed by atoms with E-state index in [1.165, 1.54) is 4.31 Å². The minimum atomic E-state index is -3.44. The fourth-order valence-corrected chi connectivity index (χ4v) is 4.99. The molecule has 0 radical (unpaired) electrons. The Kier molecular flexibility index (Phi) is 5.51. The zero-order valence-corrected chi connectivity index (χ0v) is 16.8. The molecule has 0 atom stereocenters. The summed E-state index contributed by atoms with van der Waals surface area (Å²) < 4.78 is 26.6. The summed E-state index contributed by atoms with van der Waals surface area (Å²) in [5.41, 5.74) is 1.43. The minimum absolute atomic E-state index is 0.117. The molecule has 150 valence electrons. The number of benzene rings is 3. The van der Waals surface area contributed by atoms with Crippen LogP contribution < -0.4 is 10.6 Å². The van der Waals surface area contributed by atoms with Gasteiger partial charge in [-0.1, -0.05) is 30.3 Å². The van der Waals surface area contributed by atoms with Gasteiger partial charge in [0.15, 0.2) is 0 Å². The Morgan fingerprint density at radius 3 is 2.24 bits per heavy atom. The lowest BCUT2D eigenvalue weighted by Gasteiger charge is -2.15. The van der Waals surface area contributed by atoms with Crippen molar-refractivity contribution in [2.24, 2.45) is 0 Å². The van der Waals surface area contributed by atoms with Gasteiger partial charge in [-0.15, -0.1) is 0 Å². The van der Waals surface area contributed by atoms with Crippen LogP contribution in [0.1, 0.15) is 12.8 Å². The molecule has 2 N–H and O–H groups in total. The topological polar surface area (TPSA) is 78.5 Å². The third kappa shape index (κ3) is 4.41. The number of amides is 1. The summed E-state index contributed by atoms with van der Waals surface area (Å²) in [5, 5.41) is 8.15. The molecule has 0 unspecified atom stereocenters. The zero-order chi connectivity index (χ0) is 20.3. The highest BCUT2D eigenvalue weighted by atomic mass is 32.2. The standard InChI is InChI=1S/C22H23N3O3S/c26-22(16-23-20-8-7-17-5-1-2-6-18(17)15-20)24-19-9-11-21(12-10-19)29(27,28)25-13-3-4-14-25/h1-2,5-12,15,23H,3-4,13-14,16H2,(H,24,26). The number of rotatable bonds is 6. The molecule has 0 saturated carbocycles. The highest BCUT2D eigenvalue weighted by molar-refractivity contribution is 7.89. The van der Waals surface area contributed by atoms with Crippen molar-refractivity contribution in [2.75, 3.05) is 30.3 Å². The van der Waals surface area contributed by atoms with Crippen molar-refractivity contribution in [3.63, 3.8) is 0 Å². The van der Waals surface area contributed by atoms with Gasteiger partial charge in [0.2, 0.25) is 15.9 Å². The van der Waals surface area contributed by atoms with Crippen molar-refractivity contribution in [1.29, 1.82) is 0 Å². The lowest BCUT2D eigenvalue weighted by atomic mass is 10.1. The van der Waals surface area contributed by atoms with Gasteiger partial charge in [0.1, 0.15) is 0 Å². The maximum absolute atomic E-state index is 12.5. The number of nitrogens with zero attached hydrogens (tertiary/aromatic N) is 1. The SMILES string of the molecule is O=C(CNc1ccc2ccccc2c1)Nc1ccc(S(=O)(=O)N2CCCC2)cc1. The molecule has 0 aromatic heterocycles. The normalized spacial score (nSPS) is 14.8. The van der Waals surface area contributed by atoms with Crippen LogP contribution >= 0.6 is 0 Å². The molecule has 0 aliphatic carbocycles. The molecule has 29 heavy (non-hydrogen) atoms. The zero-order valence-electron chi connectivity index (χ0n) is 16.0. The van der Waals surface area contributed by atoms with Crippen molar-refractivity contribution >= 4 is 38.1 Å². The third-order valence-corrected chi connectivity index (χ3v) is 6.96. The highest BCUT2D eigenvalue weighted by Gasteiger charge is 2.26. The van der Waals surface area contributed by atoms with Crippen LogP contribution in [-0.4, -0.2) is 38.3 Å². The van der Waals surface area contributed by atoms with Crippen molar-refractivity contribution in [1.82, 2.24) is 4.31 Å². The molecule has 1 saturated heterocycles. The smallest absolute Gasteiger partial charge is 0.243 e. The predicted octanol–water partition coefficient (Wildman–Crippen LogP) is 3.67. The van der Waals surface area contributed by atoms with Crippen LogP contribution in [-0.2, 0) is 14.8 Å². The molecule has 4 rings (SSSR count). The first kappa shape index (κ1) is 19.4. The molecule has 1 heterocycles. The molecular formula is C22H23N3O3S. The van der Waals surface area contributed by atoms with E-state index < -0.39 is 10.0 Å². The molecule has 7 heteroatoms. The second-order valence-corrected chi connectivity index (χ2v) is 9.04. The van der Waals surface area contributed by atoms with E-state index in [9.17, 15) is 13.2 Å². The third-order valence-electron chi connectivity index (χ3n) is 5.04. The van der Waals surface area contributed by atoms with Gasteiger partial charge < -0.3 is 10.6 Å². The van der Waals surface area contributed by atoms with Crippen molar-refractivity contribution in [3.05, 3.63) is 66.7 Å². The first-order valence-electron chi connectivity index (χ1n) is 9.65. The van der Waals surface area contributed by atoms with Crippen LogP contribution in [0, 0.1) is 0 Å². The number of carbonyl (C=O) groups excluding carboxylic acids is 1. The first-order chi connectivity index (χ1) is 14.0. The summed E-state index contributed by atoms with van der Waals surface area (Å²) in [5.74, 6) is -0.201. The number of hydrogen-bond acceptors (Lipinski definition) is 4. The Bertz CT molecular complexity index is 1120. The lowest BCUT2D eigenvalue weighted by Crippen LogP contribution is -2.27. The molecule has 3 aromatic rings. The monoisotopic (exact) mass is 409 g/mol. The number of sulfonamides is 1. The Balaban J connectivity index is 1.35. The first-order valence-corrected chi connectivity index (χ1v) is 11.1. The Labute approximate surface area is 170 Å². The van der Waals surface area contributed by atoms with Gasteiger partial charge >= 0.3 is 0 Å². The molecule has 1 aliphatic heterocycles. The summed E-state index contributed by atoms with van der Waals surface area (Å²) in [6.45, 7) is 1.26. The summed E-state index contributed by atoms with van der Waals surface area (Å²) >= 11 is 0. The average molecular weight is 410 g/mol. The minimum Gasteiger partial charge on any atom is -0.376 e. The van der Waals surface area contributed by atoms with E-state index in [-0.39, 0.29) is 17.3 Å². The van der Waals surface area contributed by atoms with Crippen molar-refractivity contribution in [2.45, 2.75) is 17.7 Å². The molecule has 0 spiro atoms. The average Bonchev–Trinajstić information content (AvgIpc) is 3.28. The summed E-state index contributed by atoms with van der Waals surface area (Å²) in [7, 11) is -3.44. The van der Waals surface area contributed by atoms with E-state index in [0.29, 0.717) is 18.8 Å². The predicted molar refractivity (Wildman–Crippen MR) is 116 cm³/mol. The van der Waals surface area contributed by atoms with Gasteiger partial charge in [0.05, 0.1) is 11.4 Å². The Morgan fingerprint density at radius 1 is 0.862 bits per heavy atom. The fraction of sp³-hybridized carbons (Fsp3) is 0.227. The van der Waals surface area contributed by atoms with E-state index in [2.05, 4.69) is 10.6 Å². The lowest BCUT2D eigenvalue weighted by molar-refractivity contribution is -0.114. The second-order valence-electron chi connectivity index (χ2n) is 7.10. The number of nitrogens with one attached hydrogen (secondary N) is 2. The summed E-state index contributed by atoms with van der Waals surface area (Å²) in [6.07, 6.45) is 1.80. The van der Waals surface area contributed by atoms with E-state index >= 15 is 0 Å². The number of fused-ring (bicyclic) bond motifs is 1. The number of carbonyl (C=O) groups is 1. The maximum Gasteiger partial charge on any atom is 0.243 e. The second kappa shape index (κ2) is 8.23. The Morgan fingerprint density at radius 2 is 1.52 bits per heavy atom. The molecule has 0 bridgehead atoms. The number of hydrogen-bond donors (Lipinski definition) is 2. The quantitative estimate of drug-likeness (QED) is 0.651. The fourth-order valence-electron chi connectivity index (χ4n) is 3.47. The summed E-state index contributed by atoms with van der Waals surface area (Å²) in [4.78, 5) is 12.5. The van der Waals surface area contributed by atoms with Crippen LogP contribution in [0.5, 0.6) is 0 Å². The van der Waals surface area contributed by atoms with E-state index in [4.69, 9.17) is 0 Å².